The van der Waals surface area contributed by atoms with Crippen molar-refractivity contribution in [3.8, 4) is 0 Å². The number of anilines is 3. The number of hydrogen-bond donors (Lipinski definition) is 0. The number of para-hydroxylation sites is 4. The molecule has 0 atom stereocenters. The normalized spacial score (nSPS) is 13.2. The van der Waals surface area contributed by atoms with Crippen LogP contribution >= 0.6 is 10.0 Å². The van der Waals surface area contributed by atoms with Gasteiger partial charge in [-0.2, -0.15) is 0 Å². The topological polar surface area (TPSA) is 29.5 Å². The van der Waals surface area contributed by atoms with E-state index in [0.29, 0.717) is 0 Å². The van der Waals surface area contributed by atoms with Crippen molar-refractivity contribution in [2.24, 2.45) is 0 Å². The van der Waals surface area contributed by atoms with Crippen LogP contribution in [0.25, 0.3) is 87.8 Å². The first-order chi connectivity index (χ1) is 34.1. The molecule has 71 heavy (non-hydrogen) atoms. The highest BCUT2D eigenvalue weighted by molar-refractivity contribution is 8.32. The van der Waals surface area contributed by atoms with Crippen molar-refractivity contribution in [1.82, 2.24) is 0 Å². The van der Waals surface area contributed by atoms with E-state index in [1.807, 2.05) is 0 Å². The Morgan fingerprint density at radius 2 is 1.03 bits per heavy atom. The van der Waals surface area contributed by atoms with Gasteiger partial charge in [-0.15, -0.1) is 0 Å². The third-order valence-corrected chi connectivity index (χ3v) is 18.7. The Bertz CT molecular complexity index is 4060. The van der Waals surface area contributed by atoms with Gasteiger partial charge >= 0.3 is 0 Å². The number of benzene rings is 10. The molecule has 0 N–H and O–H groups in total. The van der Waals surface area contributed by atoms with Crippen molar-refractivity contribution < 1.29 is 8.83 Å². The van der Waals surface area contributed by atoms with E-state index < -0.39 is 18.1 Å². The van der Waals surface area contributed by atoms with Gasteiger partial charge in [0.2, 0.25) is 0 Å². The fourth-order valence-corrected chi connectivity index (χ4v) is 13.3. The van der Waals surface area contributed by atoms with Crippen LogP contribution in [-0.4, -0.2) is 26.8 Å². The first-order valence-corrected chi connectivity index (χ1v) is 31.5. The summed E-state index contributed by atoms with van der Waals surface area (Å²) in [6, 6.07) is 63.5. The lowest BCUT2D eigenvalue weighted by Crippen LogP contribution is -2.37. The number of fused-ring (bicyclic) bond motifs is 6. The molecule has 0 aliphatic carbocycles. The van der Waals surface area contributed by atoms with Crippen molar-refractivity contribution in [3.63, 3.8) is 0 Å². The Hall–Kier alpha value is -7.05. The lowest BCUT2D eigenvalue weighted by atomic mass is 9.81. The monoisotopic (exact) mass is 959 g/mol. The summed E-state index contributed by atoms with van der Waals surface area (Å²) in [6.45, 7) is 16.7. The second kappa shape index (κ2) is 16.8. The van der Waals surface area contributed by atoms with Crippen molar-refractivity contribution in [2.75, 3.05) is 23.7 Å². The molecule has 12 aromatic rings. The molecule has 0 aliphatic heterocycles. The van der Waals surface area contributed by atoms with Crippen LogP contribution in [0.3, 0.4) is 0 Å². The predicted octanol–water partition coefficient (Wildman–Crippen LogP) is 19.3. The molecule has 10 aromatic carbocycles. The molecule has 0 fully saturated rings. The molecule has 0 aliphatic rings. The zero-order valence-corrected chi connectivity index (χ0v) is 44.4. The quantitative estimate of drug-likeness (QED) is 0.0777. The van der Waals surface area contributed by atoms with Gasteiger partial charge in [-0.25, -0.2) is 10.0 Å². The zero-order valence-electron chi connectivity index (χ0n) is 42.6. The predicted molar refractivity (Wildman–Crippen MR) is 314 cm³/mol. The molecule has 2 aromatic heterocycles. The zero-order chi connectivity index (χ0) is 49.1. The number of nitrogens with zero attached hydrogens (tertiary/aromatic N) is 1. The van der Waals surface area contributed by atoms with Gasteiger partial charge in [0.25, 0.3) is 0 Å². The van der Waals surface area contributed by atoms with Crippen molar-refractivity contribution in [1.29, 1.82) is 0 Å². The minimum atomic E-state index is -1.57. The number of furan rings is 2. The average molecular weight is 960 g/mol. The Kier molecular flexibility index (Phi) is 10.7. The van der Waals surface area contributed by atoms with Crippen LogP contribution in [0.2, 0.25) is 19.6 Å². The van der Waals surface area contributed by atoms with Gasteiger partial charge in [0.1, 0.15) is 16.7 Å². The molecule has 12 rings (SSSR count). The molecular formula is C66H61NO2SSi. The molecular weight excluding hydrogens is 899 g/mol. The summed E-state index contributed by atoms with van der Waals surface area (Å²) in [6.07, 6.45) is 9.50. The molecule has 0 saturated heterocycles. The van der Waals surface area contributed by atoms with Crippen molar-refractivity contribution >= 4 is 128 Å². The second-order valence-electron chi connectivity index (χ2n) is 22.0. The molecule has 0 amide bonds. The van der Waals surface area contributed by atoms with Gasteiger partial charge in [0.15, 0.2) is 5.58 Å². The lowest BCUT2D eigenvalue weighted by Gasteiger charge is -2.31. The molecule has 2 heterocycles. The van der Waals surface area contributed by atoms with Gasteiger partial charge < -0.3 is 13.7 Å². The summed E-state index contributed by atoms with van der Waals surface area (Å²) in [5.41, 5.74) is 14.2. The van der Waals surface area contributed by atoms with E-state index in [9.17, 15) is 0 Å². The standard InChI is InChI=1S/C66H61NO2SSi/c1-40(2)55-38-58(57(42-25-31-46(32-26-42)71(8,9)10)37-43-17-15-20-52-47-18-11-13-23-61(47)68-65(43)52)51-34-33-50-56(41(3)4)39-60(54-36-35-49(55)63(51)64(50)54)67(44-27-29-45(30-28-44)70(5,6)7)59-22-16-21-53-48-19-12-14-24-62(48)69-66(53)59/h11-41H,1-10H3/b57-37+. The van der Waals surface area contributed by atoms with E-state index in [2.05, 4.69) is 247 Å². The molecule has 0 bridgehead atoms. The maximum Gasteiger partial charge on any atom is 0.159 e. The summed E-state index contributed by atoms with van der Waals surface area (Å²) in [7, 11) is -2.52. The van der Waals surface area contributed by atoms with E-state index in [1.165, 1.54) is 70.2 Å². The van der Waals surface area contributed by atoms with Gasteiger partial charge in [-0.1, -0.05) is 168 Å². The Morgan fingerprint density at radius 3 is 1.65 bits per heavy atom. The van der Waals surface area contributed by atoms with Crippen LogP contribution in [0.15, 0.2) is 184 Å². The van der Waals surface area contributed by atoms with Crippen LogP contribution in [-0.2, 0) is 0 Å². The summed E-state index contributed by atoms with van der Waals surface area (Å²) in [4.78, 5) is 3.86. The number of rotatable bonds is 10. The Morgan fingerprint density at radius 1 is 0.493 bits per heavy atom. The van der Waals surface area contributed by atoms with Crippen molar-refractivity contribution in [3.05, 3.63) is 198 Å². The first-order valence-electron chi connectivity index (χ1n) is 25.1. The second-order valence-corrected chi connectivity index (χ2v) is 31.2. The molecule has 0 saturated carbocycles. The molecule has 352 valence electrons. The fraction of sp³-hybridized carbons (Fsp3) is 0.182. The smallest absolute Gasteiger partial charge is 0.159 e. The molecule has 5 heteroatoms. The van der Waals surface area contributed by atoms with Gasteiger partial charge in [0.05, 0.1) is 19.4 Å². The minimum Gasteiger partial charge on any atom is -0.455 e. The SMILES string of the molecule is CC(C)c1cc(/C(=C/c2cccc3c2oc2ccccc23)c2ccc([Si](C)(C)C)cc2)c2ccc3c(C(C)C)cc(N(c4ccc(S(C)(C)C)cc4)c4cccc5c4oc4ccccc45)c4ccc1c2c34. The van der Waals surface area contributed by atoms with Crippen LogP contribution in [0.5, 0.6) is 0 Å². The third-order valence-electron chi connectivity index (χ3n) is 14.9. The van der Waals surface area contributed by atoms with Crippen LogP contribution in [0, 0.1) is 0 Å². The van der Waals surface area contributed by atoms with E-state index in [1.54, 1.807) is 0 Å². The van der Waals surface area contributed by atoms with Crippen LogP contribution in [0.1, 0.15) is 67.3 Å². The molecule has 0 spiro atoms. The summed E-state index contributed by atoms with van der Waals surface area (Å²) >= 11 is 0. The maximum atomic E-state index is 6.88. The average Bonchev–Trinajstić information content (AvgIpc) is 3.94. The summed E-state index contributed by atoms with van der Waals surface area (Å²) < 4.78 is 13.6. The van der Waals surface area contributed by atoms with Crippen LogP contribution in [0.4, 0.5) is 17.1 Å². The van der Waals surface area contributed by atoms with E-state index >= 15 is 0 Å². The molecule has 3 nitrogen and oxygen atoms in total. The van der Waals surface area contributed by atoms with Crippen molar-refractivity contribution in [2.45, 2.75) is 64.1 Å². The molecule has 0 unspecified atom stereocenters. The highest BCUT2D eigenvalue weighted by atomic mass is 32.3. The maximum absolute atomic E-state index is 6.88. The fourth-order valence-electron chi connectivity index (χ4n) is 11.2. The first kappa shape index (κ1) is 45.1. The van der Waals surface area contributed by atoms with E-state index in [0.717, 1.165) is 66.5 Å². The minimum absolute atomic E-state index is 0.253. The number of hydrogen-bond acceptors (Lipinski definition) is 3. The van der Waals surface area contributed by atoms with E-state index in [4.69, 9.17) is 8.83 Å². The van der Waals surface area contributed by atoms with Gasteiger partial charge in [-0.05, 0) is 151 Å². The van der Waals surface area contributed by atoms with Gasteiger partial charge in [-0.3, -0.25) is 0 Å². The lowest BCUT2D eigenvalue weighted by molar-refractivity contribution is 0.668. The molecule has 0 radical (unpaired) electrons. The third kappa shape index (κ3) is 7.47. The van der Waals surface area contributed by atoms with Gasteiger partial charge in [0, 0.05) is 38.2 Å². The Labute approximate surface area is 420 Å². The summed E-state index contributed by atoms with van der Waals surface area (Å²) in [5.74, 6) is 0.519. The highest BCUT2D eigenvalue weighted by Gasteiger charge is 2.27. The Balaban J connectivity index is 1.19. The van der Waals surface area contributed by atoms with E-state index in [-0.39, 0.29) is 11.8 Å². The summed E-state index contributed by atoms with van der Waals surface area (Å²) in [5, 5.41) is 13.6. The highest BCUT2D eigenvalue weighted by Crippen LogP contribution is 2.52. The largest absolute Gasteiger partial charge is 0.455 e. The van der Waals surface area contributed by atoms with Crippen LogP contribution < -0.4 is 10.1 Å².